The molecular formula is C16H18ClNO2. The number of nitrogens with one attached hydrogen (secondary N) is 1. The van der Waals surface area contributed by atoms with Crippen molar-refractivity contribution in [3.8, 4) is 11.5 Å². The maximum absolute atomic E-state index is 5.99. The first kappa shape index (κ1) is 14.5. The number of methoxy groups -OCH3 is 1. The SMILES string of the molecule is CCOc1ccc(CNc2ccc(Cl)c(OC)c2)cc1. The van der Waals surface area contributed by atoms with Crippen LogP contribution in [0.4, 0.5) is 5.69 Å². The van der Waals surface area contributed by atoms with Crippen molar-refractivity contribution in [1.82, 2.24) is 0 Å². The zero-order chi connectivity index (χ0) is 14.4. The highest BCUT2D eigenvalue weighted by molar-refractivity contribution is 6.32. The molecule has 0 unspecified atom stereocenters. The van der Waals surface area contributed by atoms with Gasteiger partial charge in [0.05, 0.1) is 18.7 Å². The van der Waals surface area contributed by atoms with Crippen LogP contribution in [-0.4, -0.2) is 13.7 Å². The molecule has 0 saturated heterocycles. The maximum atomic E-state index is 5.99. The van der Waals surface area contributed by atoms with Gasteiger partial charge in [-0.3, -0.25) is 0 Å². The van der Waals surface area contributed by atoms with Gasteiger partial charge in [-0.2, -0.15) is 0 Å². The standard InChI is InChI=1S/C16H18ClNO2/c1-3-20-14-7-4-12(5-8-14)11-18-13-6-9-15(17)16(10-13)19-2/h4-10,18H,3,11H2,1-2H3. The molecular weight excluding hydrogens is 274 g/mol. The fourth-order valence-electron chi connectivity index (χ4n) is 1.84. The lowest BCUT2D eigenvalue weighted by molar-refractivity contribution is 0.340. The fraction of sp³-hybridized carbons (Fsp3) is 0.250. The first-order valence-corrected chi connectivity index (χ1v) is 6.90. The molecule has 0 saturated carbocycles. The number of ether oxygens (including phenoxy) is 2. The summed E-state index contributed by atoms with van der Waals surface area (Å²) < 4.78 is 10.6. The molecule has 0 heterocycles. The van der Waals surface area contributed by atoms with E-state index in [2.05, 4.69) is 5.32 Å². The second-order valence-electron chi connectivity index (χ2n) is 4.28. The molecule has 3 nitrogen and oxygen atoms in total. The molecule has 0 aliphatic carbocycles. The van der Waals surface area contributed by atoms with E-state index < -0.39 is 0 Å². The zero-order valence-corrected chi connectivity index (χ0v) is 12.4. The predicted molar refractivity (Wildman–Crippen MR) is 82.9 cm³/mol. The average Bonchev–Trinajstić information content (AvgIpc) is 2.48. The van der Waals surface area contributed by atoms with Gasteiger partial charge in [-0.05, 0) is 36.8 Å². The van der Waals surface area contributed by atoms with Gasteiger partial charge in [0.1, 0.15) is 11.5 Å². The van der Waals surface area contributed by atoms with E-state index in [9.17, 15) is 0 Å². The largest absolute Gasteiger partial charge is 0.495 e. The third kappa shape index (κ3) is 3.81. The highest BCUT2D eigenvalue weighted by atomic mass is 35.5. The van der Waals surface area contributed by atoms with Gasteiger partial charge in [0.15, 0.2) is 0 Å². The summed E-state index contributed by atoms with van der Waals surface area (Å²) in [6.45, 7) is 3.39. The van der Waals surface area contributed by atoms with Crippen LogP contribution >= 0.6 is 11.6 Å². The first-order valence-electron chi connectivity index (χ1n) is 6.52. The van der Waals surface area contributed by atoms with Crippen molar-refractivity contribution in [2.24, 2.45) is 0 Å². The molecule has 0 radical (unpaired) electrons. The second-order valence-corrected chi connectivity index (χ2v) is 4.69. The highest BCUT2D eigenvalue weighted by Crippen LogP contribution is 2.27. The molecule has 0 aliphatic rings. The minimum Gasteiger partial charge on any atom is -0.495 e. The van der Waals surface area contributed by atoms with Gasteiger partial charge < -0.3 is 14.8 Å². The molecule has 2 aromatic rings. The number of rotatable bonds is 6. The van der Waals surface area contributed by atoms with Crippen molar-refractivity contribution in [3.63, 3.8) is 0 Å². The van der Waals surface area contributed by atoms with Gasteiger partial charge in [-0.15, -0.1) is 0 Å². The Morgan fingerprint density at radius 2 is 1.85 bits per heavy atom. The van der Waals surface area contributed by atoms with Crippen molar-refractivity contribution in [3.05, 3.63) is 53.1 Å². The Labute approximate surface area is 124 Å². The summed E-state index contributed by atoms with van der Waals surface area (Å²) in [4.78, 5) is 0. The van der Waals surface area contributed by atoms with Crippen molar-refractivity contribution in [2.75, 3.05) is 19.0 Å². The second kappa shape index (κ2) is 7.06. The van der Waals surface area contributed by atoms with Crippen molar-refractivity contribution >= 4 is 17.3 Å². The van der Waals surface area contributed by atoms with Crippen LogP contribution in [0.1, 0.15) is 12.5 Å². The van der Waals surface area contributed by atoms with Gasteiger partial charge in [0, 0.05) is 18.3 Å². The van der Waals surface area contributed by atoms with Crippen LogP contribution in [0.25, 0.3) is 0 Å². The monoisotopic (exact) mass is 291 g/mol. The summed E-state index contributed by atoms with van der Waals surface area (Å²) in [7, 11) is 1.61. The summed E-state index contributed by atoms with van der Waals surface area (Å²) >= 11 is 5.99. The maximum Gasteiger partial charge on any atom is 0.139 e. The van der Waals surface area contributed by atoms with E-state index in [4.69, 9.17) is 21.1 Å². The van der Waals surface area contributed by atoms with E-state index in [1.807, 2.05) is 49.4 Å². The topological polar surface area (TPSA) is 30.5 Å². The van der Waals surface area contributed by atoms with E-state index in [0.29, 0.717) is 17.4 Å². The highest BCUT2D eigenvalue weighted by Gasteiger charge is 2.02. The lowest BCUT2D eigenvalue weighted by Gasteiger charge is -2.10. The van der Waals surface area contributed by atoms with Crippen LogP contribution < -0.4 is 14.8 Å². The van der Waals surface area contributed by atoms with Crippen LogP contribution in [0.3, 0.4) is 0 Å². The molecule has 0 bridgehead atoms. The fourth-order valence-corrected chi connectivity index (χ4v) is 2.04. The van der Waals surface area contributed by atoms with Crippen molar-refractivity contribution < 1.29 is 9.47 Å². The van der Waals surface area contributed by atoms with Crippen molar-refractivity contribution in [1.29, 1.82) is 0 Å². The van der Waals surface area contributed by atoms with Crippen LogP contribution in [0.15, 0.2) is 42.5 Å². The lowest BCUT2D eigenvalue weighted by Crippen LogP contribution is -2.00. The average molecular weight is 292 g/mol. The Balaban J connectivity index is 1.97. The minimum absolute atomic E-state index is 0.610. The Morgan fingerprint density at radius 3 is 2.50 bits per heavy atom. The van der Waals surface area contributed by atoms with E-state index in [-0.39, 0.29) is 0 Å². The molecule has 0 fully saturated rings. The summed E-state index contributed by atoms with van der Waals surface area (Å²) in [5.41, 5.74) is 2.16. The molecule has 20 heavy (non-hydrogen) atoms. The van der Waals surface area contributed by atoms with Crippen molar-refractivity contribution in [2.45, 2.75) is 13.5 Å². The summed E-state index contributed by atoms with van der Waals surface area (Å²) in [6, 6.07) is 13.7. The number of benzene rings is 2. The smallest absolute Gasteiger partial charge is 0.139 e. The molecule has 0 aromatic heterocycles. The molecule has 2 rings (SSSR count). The van der Waals surface area contributed by atoms with E-state index in [0.717, 1.165) is 18.0 Å². The third-order valence-corrected chi connectivity index (χ3v) is 3.19. The van der Waals surface area contributed by atoms with Gasteiger partial charge in [-0.25, -0.2) is 0 Å². The molecule has 4 heteroatoms. The summed E-state index contributed by atoms with van der Waals surface area (Å²) in [5.74, 6) is 1.56. The molecule has 0 aliphatic heterocycles. The Kier molecular flexibility index (Phi) is 5.13. The summed E-state index contributed by atoms with van der Waals surface area (Å²) in [6.07, 6.45) is 0. The van der Waals surface area contributed by atoms with E-state index in [1.165, 1.54) is 5.56 Å². The molecule has 0 spiro atoms. The number of halogens is 1. The Hall–Kier alpha value is -1.87. The van der Waals surface area contributed by atoms with Gasteiger partial charge in [-0.1, -0.05) is 23.7 Å². The van der Waals surface area contributed by atoms with Gasteiger partial charge in [0.25, 0.3) is 0 Å². The minimum atomic E-state index is 0.610. The number of anilines is 1. The quantitative estimate of drug-likeness (QED) is 0.858. The molecule has 2 aromatic carbocycles. The molecule has 106 valence electrons. The van der Waals surface area contributed by atoms with Gasteiger partial charge >= 0.3 is 0 Å². The van der Waals surface area contributed by atoms with E-state index in [1.54, 1.807) is 7.11 Å². The van der Waals surface area contributed by atoms with Crippen LogP contribution in [-0.2, 0) is 6.54 Å². The van der Waals surface area contributed by atoms with Crippen LogP contribution in [0.2, 0.25) is 5.02 Å². The van der Waals surface area contributed by atoms with Crippen LogP contribution in [0.5, 0.6) is 11.5 Å². The molecule has 1 N–H and O–H groups in total. The Bertz CT molecular complexity index is 555. The Morgan fingerprint density at radius 1 is 1.10 bits per heavy atom. The molecule has 0 amide bonds. The van der Waals surface area contributed by atoms with E-state index >= 15 is 0 Å². The predicted octanol–water partition coefficient (Wildman–Crippen LogP) is 4.36. The van der Waals surface area contributed by atoms with Gasteiger partial charge in [0.2, 0.25) is 0 Å². The first-order chi connectivity index (χ1) is 9.72. The number of hydrogen-bond donors (Lipinski definition) is 1. The summed E-state index contributed by atoms with van der Waals surface area (Å²) in [5, 5.41) is 3.95. The third-order valence-electron chi connectivity index (χ3n) is 2.88. The number of hydrogen-bond acceptors (Lipinski definition) is 3. The van der Waals surface area contributed by atoms with Crippen LogP contribution in [0, 0.1) is 0 Å². The lowest BCUT2D eigenvalue weighted by atomic mass is 10.2. The zero-order valence-electron chi connectivity index (χ0n) is 11.7. The normalized spacial score (nSPS) is 10.2. The molecule has 0 atom stereocenters.